The summed E-state index contributed by atoms with van der Waals surface area (Å²) in [6.45, 7) is 4.40. The summed E-state index contributed by atoms with van der Waals surface area (Å²) >= 11 is 0. The molecule has 0 heterocycles. The van der Waals surface area contributed by atoms with Crippen molar-refractivity contribution in [3.05, 3.63) is 12.2 Å². The van der Waals surface area contributed by atoms with Crippen molar-refractivity contribution in [2.45, 2.75) is 117 Å². The number of allylic oxidation sites excluding steroid dienone is 2. The van der Waals surface area contributed by atoms with Crippen molar-refractivity contribution in [1.29, 1.82) is 0 Å². The van der Waals surface area contributed by atoms with Gasteiger partial charge in [-0.15, -0.1) is 0 Å². The number of rotatable bonds is 20. The summed E-state index contributed by atoms with van der Waals surface area (Å²) in [5.74, 6) is 0. The lowest BCUT2D eigenvalue weighted by Crippen LogP contribution is -2.04. The Bertz CT molecular complexity index is 421. The van der Waals surface area contributed by atoms with Crippen molar-refractivity contribution in [2.75, 3.05) is 6.61 Å². The van der Waals surface area contributed by atoms with Crippen LogP contribution in [0.25, 0.3) is 0 Å². The van der Waals surface area contributed by atoms with Gasteiger partial charge in [0.25, 0.3) is 0 Å². The molecule has 0 aliphatic carbocycles. The topological polar surface area (TPSA) is 63.6 Å². The van der Waals surface area contributed by atoms with Crippen LogP contribution in [0.1, 0.15) is 117 Å². The van der Waals surface area contributed by atoms with Crippen molar-refractivity contribution in [2.24, 2.45) is 0 Å². The van der Waals surface area contributed by atoms with Gasteiger partial charge < -0.3 is 9.42 Å². The lowest BCUT2D eigenvalue weighted by atomic mass is 10.1. The van der Waals surface area contributed by atoms with E-state index in [1.54, 1.807) is 0 Å². The molecule has 1 unspecified atom stereocenters. The predicted octanol–water partition coefficient (Wildman–Crippen LogP) is 7.55. The summed E-state index contributed by atoms with van der Waals surface area (Å²) in [7, 11) is -4.05. The molecule has 27 heavy (non-hydrogen) atoms. The Labute approximate surface area is 167 Å². The van der Waals surface area contributed by atoms with Gasteiger partial charge in [-0.3, -0.25) is 9.36 Å². The molecule has 0 aromatic rings. The first-order valence-corrected chi connectivity index (χ1v) is 12.8. The van der Waals surface area contributed by atoms with Crippen LogP contribution in [0.3, 0.4) is 0 Å². The largest absolute Gasteiger partial charge is 0.394 e. The summed E-state index contributed by atoms with van der Waals surface area (Å²) in [5.41, 5.74) is -0.628. The van der Waals surface area contributed by atoms with Gasteiger partial charge in [-0.25, -0.2) is 0 Å². The highest BCUT2D eigenvalue weighted by Gasteiger charge is 2.29. The summed E-state index contributed by atoms with van der Waals surface area (Å²) < 4.78 is 16.6. The monoisotopic (exact) mass is 402 g/mol. The zero-order valence-electron chi connectivity index (χ0n) is 17.8. The predicted molar refractivity (Wildman–Crippen MR) is 115 cm³/mol. The van der Waals surface area contributed by atoms with E-state index < -0.39 is 13.1 Å². The third kappa shape index (κ3) is 17.4. The third-order valence-corrected chi connectivity index (χ3v) is 6.12. The standard InChI is InChI=1S/C22H43O4P/c1-3-5-7-8-9-10-11-12-13-14-15-16-17-18-19-20-22(23)27(24,25)26-21-6-4-2/h12-13H,3-11,14-21H2,1-2H3,(H,24,25). The van der Waals surface area contributed by atoms with Gasteiger partial charge in [0.2, 0.25) is 5.52 Å². The molecule has 0 radical (unpaired) electrons. The molecule has 1 atom stereocenters. The molecule has 0 rings (SSSR count). The highest BCUT2D eigenvalue weighted by atomic mass is 31.2. The second-order valence-corrected chi connectivity index (χ2v) is 9.23. The molecular formula is C22H43O4P. The quantitative estimate of drug-likeness (QED) is 0.130. The maximum atomic E-state index is 11.7. The average Bonchev–Trinajstić information content (AvgIpc) is 2.64. The Morgan fingerprint density at radius 2 is 1.26 bits per heavy atom. The van der Waals surface area contributed by atoms with Crippen LogP contribution < -0.4 is 0 Å². The van der Waals surface area contributed by atoms with Gasteiger partial charge in [-0.05, 0) is 38.5 Å². The second-order valence-electron chi connectivity index (χ2n) is 7.44. The van der Waals surface area contributed by atoms with E-state index in [1.165, 1.54) is 51.4 Å². The van der Waals surface area contributed by atoms with Crippen LogP contribution in [-0.4, -0.2) is 17.0 Å². The van der Waals surface area contributed by atoms with E-state index in [1.807, 2.05) is 6.92 Å². The van der Waals surface area contributed by atoms with Gasteiger partial charge in [0.1, 0.15) is 0 Å². The third-order valence-electron chi connectivity index (χ3n) is 4.73. The molecule has 160 valence electrons. The van der Waals surface area contributed by atoms with Crippen LogP contribution in [0.5, 0.6) is 0 Å². The number of carbonyl (C=O) groups excluding carboxylic acids is 1. The summed E-state index contributed by atoms with van der Waals surface area (Å²) in [6, 6.07) is 0. The van der Waals surface area contributed by atoms with Gasteiger partial charge >= 0.3 is 7.60 Å². The van der Waals surface area contributed by atoms with Crippen LogP contribution in [0, 0.1) is 0 Å². The molecule has 0 saturated carbocycles. The maximum absolute atomic E-state index is 11.7. The number of unbranched alkanes of at least 4 members (excludes halogenated alkanes) is 12. The fourth-order valence-corrected chi connectivity index (χ4v) is 3.85. The molecule has 1 N–H and O–H groups in total. The molecule has 0 aromatic carbocycles. The molecule has 0 amide bonds. The van der Waals surface area contributed by atoms with E-state index in [2.05, 4.69) is 19.1 Å². The minimum Gasteiger partial charge on any atom is -0.319 e. The van der Waals surface area contributed by atoms with Crippen molar-refractivity contribution >= 4 is 13.1 Å². The fourth-order valence-electron chi connectivity index (χ4n) is 2.89. The molecule has 0 aliphatic rings. The highest BCUT2D eigenvalue weighted by molar-refractivity contribution is 7.70. The minimum absolute atomic E-state index is 0.151. The molecule has 0 fully saturated rings. The Balaban J connectivity index is 3.45. The molecule has 4 nitrogen and oxygen atoms in total. The van der Waals surface area contributed by atoms with Crippen molar-refractivity contribution in [3.63, 3.8) is 0 Å². The molecule has 0 aliphatic heterocycles. The van der Waals surface area contributed by atoms with E-state index in [9.17, 15) is 14.3 Å². The first-order chi connectivity index (χ1) is 13.0. The van der Waals surface area contributed by atoms with Crippen LogP contribution in [0.2, 0.25) is 0 Å². The Morgan fingerprint density at radius 3 is 1.81 bits per heavy atom. The summed E-state index contributed by atoms with van der Waals surface area (Å²) in [4.78, 5) is 21.3. The molecule has 0 aromatic heterocycles. The van der Waals surface area contributed by atoms with Gasteiger partial charge in [-0.2, -0.15) is 0 Å². The van der Waals surface area contributed by atoms with E-state index in [-0.39, 0.29) is 13.0 Å². The number of carbonyl (C=O) groups is 1. The minimum atomic E-state index is -4.05. The molecular weight excluding hydrogens is 359 g/mol. The van der Waals surface area contributed by atoms with Gasteiger partial charge in [0.15, 0.2) is 0 Å². The number of hydrogen-bond donors (Lipinski definition) is 1. The van der Waals surface area contributed by atoms with Crippen molar-refractivity contribution in [3.8, 4) is 0 Å². The van der Waals surface area contributed by atoms with Crippen molar-refractivity contribution in [1.82, 2.24) is 0 Å². The van der Waals surface area contributed by atoms with Crippen LogP contribution in [0.4, 0.5) is 0 Å². The zero-order chi connectivity index (χ0) is 20.2. The first-order valence-electron chi connectivity index (χ1n) is 11.2. The molecule has 5 heteroatoms. The smallest absolute Gasteiger partial charge is 0.319 e. The Hall–Kier alpha value is -0.440. The van der Waals surface area contributed by atoms with E-state index in [0.29, 0.717) is 12.8 Å². The fraction of sp³-hybridized carbons (Fsp3) is 0.864. The normalized spacial score (nSPS) is 13.9. The SMILES string of the molecule is CCCCCCCCC=CCCCCCCCC(=O)P(=O)(O)OCCCC. The van der Waals surface area contributed by atoms with Gasteiger partial charge in [0, 0.05) is 6.42 Å². The maximum Gasteiger partial charge on any atom is 0.394 e. The van der Waals surface area contributed by atoms with Crippen molar-refractivity contribution < 1.29 is 18.8 Å². The van der Waals surface area contributed by atoms with Crippen LogP contribution >= 0.6 is 7.60 Å². The first kappa shape index (κ1) is 26.6. The second kappa shape index (κ2) is 18.9. The Kier molecular flexibility index (Phi) is 18.6. The molecule has 0 bridgehead atoms. The Morgan fingerprint density at radius 1 is 0.778 bits per heavy atom. The lowest BCUT2D eigenvalue weighted by molar-refractivity contribution is -0.113. The van der Waals surface area contributed by atoms with E-state index >= 15 is 0 Å². The van der Waals surface area contributed by atoms with E-state index in [4.69, 9.17) is 4.52 Å². The van der Waals surface area contributed by atoms with Gasteiger partial charge in [-0.1, -0.05) is 83.8 Å². The highest BCUT2D eigenvalue weighted by Crippen LogP contribution is 2.44. The summed E-state index contributed by atoms with van der Waals surface area (Å²) in [6.07, 6.45) is 21.8. The average molecular weight is 403 g/mol. The van der Waals surface area contributed by atoms with E-state index in [0.717, 1.165) is 32.1 Å². The zero-order valence-corrected chi connectivity index (χ0v) is 18.7. The molecule has 0 saturated heterocycles. The molecule has 0 spiro atoms. The van der Waals surface area contributed by atoms with Gasteiger partial charge in [0.05, 0.1) is 6.61 Å². The lowest BCUT2D eigenvalue weighted by Gasteiger charge is -2.10. The summed E-state index contributed by atoms with van der Waals surface area (Å²) in [5, 5.41) is 0. The van der Waals surface area contributed by atoms with Crippen LogP contribution in [0.15, 0.2) is 12.2 Å². The van der Waals surface area contributed by atoms with Crippen LogP contribution in [-0.2, 0) is 13.9 Å². The number of hydrogen-bond acceptors (Lipinski definition) is 3.